The lowest BCUT2D eigenvalue weighted by molar-refractivity contribution is -0.119. The van der Waals surface area contributed by atoms with Crippen LogP contribution in [0.3, 0.4) is 0 Å². The number of rotatable bonds is 3. The Balaban J connectivity index is 1.70. The topological polar surface area (TPSA) is 75.7 Å². The number of fused-ring (bicyclic) bond motifs is 1. The van der Waals surface area contributed by atoms with Crippen LogP contribution in [0.1, 0.15) is 22.8 Å². The summed E-state index contributed by atoms with van der Waals surface area (Å²) < 4.78 is 5.20. The molecule has 2 aliphatic rings. The number of nitrogens with one attached hydrogen (secondary N) is 1. The van der Waals surface area contributed by atoms with Gasteiger partial charge in [0, 0.05) is 18.9 Å². The maximum Gasteiger partial charge on any atom is 0.410 e. The molecule has 1 aliphatic heterocycles. The van der Waals surface area contributed by atoms with E-state index in [0.717, 1.165) is 5.56 Å². The molecule has 2 unspecified atom stereocenters. The molecule has 2 amide bonds. The molecule has 1 fully saturated rings. The number of carbonyl (C=O) groups is 3. The summed E-state index contributed by atoms with van der Waals surface area (Å²) in [5.41, 5.74) is 1.64. The third kappa shape index (κ3) is 2.49. The van der Waals surface area contributed by atoms with Crippen molar-refractivity contribution < 1.29 is 19.1 Å². The van der Waals surface area contributed by atoms with E-state index < -0.39 is 18.2 Å². The number of cyclic esters (lactones) is 1. The zero-order valence-corrected chi connectivity index (χ0v) is 11.7. The predicted octanol–water partition coefficient (Wildman–Crippen LogP) is 0.751. The molecule has 1 N–H and O–H groups in total. The Kier molecular flexibility index (Phi) is 3.37. The molecule has 1 aromatic rings. The van der Waals surface area contributed by atoms with Crippen molar-refractivity contribution in [3.63, 3.8) is 0 Å². The van der Waals surface area contributed by atoms with E-state index in [0.29, 0.717) is 18.5 Å². The first-order chi connectivity index (χ1) is 10.1. The minimum absolute atomic E-state index is 0.0391. The number of Topliss-reactive ketones (excluding diaryl/α,β-unsaturated/α-hetero) is 1. The van der Waals surface area contributed by atoms with Gasteiger partial charge >= 0.3 is 6.09 Å². The van der Waals surface area contributed by atoms with E-state index in [4.69, 9.17) is 4.74 Å². The zero-order chi connectivity index (χ0) is 15.0. The number of hydrogen-bond donors (Lipinski definition) is 1. The van der Waals surface area contributed by atoms with Crippen molar-refractivity contribution in [3.8, 4) is 0 Å². The molecule has 0 spiro atoms. The van der Waals surface area contributed by atoms with Gasteiger partial charge in [0.1, 0.15) is 12.1 Å². The summed E-state index contributed by atoms with van der Waals surface area (Å²) in [6.07, 6.45) is -0.369. The monoisotopic (exact) mass is 288 g/mol. The van der Waals surface area contributed by atoms with Gasteiger partial charge in [-0.15, -0.1) is 0 Å². The van der Waals surface area contributed by atoms with Crippen LogP contribution >= 0.6 is 0 Å². The molecule has 6 heteroatoms. The van der Waals surface area contributed by atoms with Crippen molar-refractivity contribution in [2.75, 3.05) is 13.1 Å². The van der Waals surface area contributed by atoms with E-state index in [1.165, 1.54) is 11.8 Å². The van der Waals surface area contributed by atoms with Crippen LogP contribution in [0, 0.1) is 0 Å². The quantitative estimate of drug-likeness (QED) is 0.890. The van der Waals surface area contributed by atoms with Crippen molar-refractivity contribution in [2.24, 2.45) is 0 Å². The Morgan fingerprint density at radius 3 is 2.86 bits per heavy atom. The molecular weight excluding hydrogens is 272 g/mol. The lowest BCUT2D eigenvalue weighted by Crippen LogP contribution is -2.41. The smallest absolute Gasteiger partial charge is 0.410 e. The van der Waals surface area contributed by atoms with Crippen molar-refractivity contribution in [2.45, 2.75) is 25.5 Å². The summed E-state index contributed by atoms with van der Waals surface area (Å²) in [7, 11) is 0. The normalized spacial score (nSPS) is 24.0. The fourth-order valence-electron chi connectivity index (χ4n) is 2.83. The van der Waals surface area contributed by atoms with Gasteiger partial charge in [0.2, 0.25) is 5.91 Å². The molecule has 0 saturated carbocycles. The second-order valence-corrected chi connectivity index (χ2v) is 5.34. The molecule has 1 aliphatic carbocycles. The van der Waals surface area contributed by atoms with E-state index in [9.17, 15) is 14.4 Å². The fourth-order valence-corrected chi connectivity index (χ4v) is 2.83. The standard InChI is InChI=1S/C15H16N2O4/c1-9(18)16-7-11-8-17(15(20)21-11)13-6-10-4-2-3-5-12(10)14(13)19/h2-5,11,13H,6-8H2,1H3,(H,16,18). The number of hydrogen-bond acceptors (Lipinski definition) is 4. The van der Waals surface area contributed by atoms with Crippen LogP contribution in [-0.4, -0.2) is 47.9 Å². The number of ketones is 1. The molecule has 21 heavy (non-hydrogen) atoms. The van der Waals surface area contributed by atoms with Gasteiger partial charge in [-0.3, -0.25) is 14.5 Å². The number of ether oxygens (including phenoxy) is 1. The highest BCUT2D eigenvalue weighted by Gasteiger charge is 2.42. The van der Waals surface area contributed by atoms with Gasteiger partial charge < -0.3 is 10.1 Å². The average molecular weight is 288 g/mol. The highest BCUT2D eigenvalue weighted by atomic mass is 16.6. The van der Waals surface area contributed by atoms with E-state index in [2.05, 4.69) is 5.32 Å². The molecule has 0 bridgehead atoms. The lowest BCUT2D eigenvalue weighted by Gasteiger charge is -2.19. The highest BCUT2D eigenvalue weighted by Crippen LogP contribution is 2.28. The molecule has 3 rings (SSSR count). The summed E-state index contributed by atoms with van der Waals surface area (Å²) in [5.74, 6) is -0.212. The average Bonchev–Trinajstić information content (AvgIpc) is 2.98. The number of carbonyl (C=O) groups excluding carboxylic acids is 3. The summed E-state index contributed by atoms with van der Waals surface area (Å²) in [5, 5.41) is 2.62. The molecule has 0 aromatic heterocycles. The van der Waals surface area contributed by atoms with Gasteiger partial charge in [0.25, 0.3) is 0 Å². The first-order valence-corrected chi connectivity index (χ1v) is 6.90. The maximum atomic E-state index is 12.4. The van der Waals surface area contributed by atoms with Gasteiger partial charge in [-0.05, 0) is 5.56 Å². The van der Waals surface area contributed by atoms with E-state index >= 15 is 0 Å². The van der Waals surface area contributed by atoms with Crippen LogP contribution in [0.2, 0.25) is 0 Å². The summed E-state index contributed by atoms with van der Waals surface area (Å²) in [6, 6.07) is 6.91. The Hall–Kier alpha value is -2.37. The largest absolute Gasteiger partial charge is 0.442 e. The second-order valence-electron chi connectivity index (χ2n) is 5.34. The van der Waals surface area contributed by atoms with E-state index in [1.807, 2.05) is 18.2 Å². The Morgan fingerprint density at radius 2 is 2.14 bits per heavy atom. The molecule has 110 valence electrons. The Labute approximate surface area is 122 Å². The van der Waals surface area contributed by atoms with Crippen LogP contribution in [0.5, 0.6) is 0 Å². The third-order valence-corrected chi connectivity index (χ3v) is 3.86. The molecule has 1 aromatic carbocycles. The zero-order valence-electron chi connectivity index (χ0n) is 11.7. The van der Waals surface area contributed by atoms with Crippen LogP contribution in [0.15, 0.2) is 24.3 Å². The first kappa shape index (κ1) is 13.6. The van der Waals surface area contributed by atoms with Crippen molar-refractivity contribution in [1.82, 2.24) is 10.2 Å². The summed E-state index contributed by atoms with van der Waals surface area (Å²) in [4.78, 5) is 36.7. The van der Waals surface area contributed by atoms with Gasteiger partial charge in [0.15, 0.2) is 5.78 Å². The molecular formula is C15H16N2O4. The van der Waals surface area contributed by atoms with Crippen LogP contribution in [0.25, 0.3) is 0 Å². The van der Waals surface area contributed by atoms with Crippen LogP contribution in [-0.2, 0) is 16.0 Å². The van der Waals surface area contributed by atoms with E-state index in [-0.39, 0.29) is 18.2 Å². The molecule has 1 saturated heterocycles. The van der Waals surface area contributed by atoms with Crippen molar-refractivity contribution >= 4 is 17.8 Å². The third-order valence-electron chi connectivity index (χ3n) is 3.86. The van der Waals surface area contributed by atoms with Crippen molar-refractivity contribution in [1.29, 1.82) is 0 Å². The Morgan fingerprint density at radius 1 is 1.38 bits per heavy atom. The summed E-state index contributed by atoms with van der Waals surface area (Å²) in [6.45, 7) is 2.00. The van der Waals surface area contributed by atoms with Crippen LogP contribution < -0.4 is 5.32 Å². The fraction of sp³-hybridized carbons (Fsp3) is 0.400. The van der Waals surface area contributed by atoms with Crippen LogP contribution in [0.4, 0.5) is 4.79 Å². The summed E-state index contributed by atoms with van der Waals surface area (Å²) >= 11 is 0. The predicted molar refractivity (Wildman–Crippen MR) is 73.9 cm³/mol. The number of amides is 2. The SMILES string of the molecule is CC(=O)NCC1CN(C2Cc3ccccc3C2=O)C(=O)O1. The van der Waals surface area contributed by atoms with Gasteiger partial charge in [-0.2, -0.15) is 0 Å². The minimum atomic E-state index is -0.489. The number of nitrogens with zero attached hydrogens (tertiary/aromatic N) is 1. The van der Waals surface area contributed by atoms with E-state index in [1.54, 1.807) is 6.07 Å². The molecule has 2 atom stereocenters. The lowest BCUT2D eigenvalue weighted by atomic mass is 10.1. The number of benzene rings is 1. The van der Waals surface area contributed by atoms with Crippen molar-refractivity contribution in [3.05, 3.63) is 35.4 Å². The minimum Gasteiger partial charge on any atom is -0.442 e. The molecule has 1 heterocycles. The maximum absolute atomic E-state index is 12.4. The van der Waals surface area contributed by atoms with Gasteiger partial charge in [-0.25, -0.2) is 4.79 Å². The Bertz CT molecular complexity index is 613. The second kappa shape index (κ2) is 5.20. The molecule has 6 nitrogen and oxygen atoms in total. The first-order valence-electron chi connectivity index (χ1n) is 6.90. The van der Waals surface area contributed by atoms with Gasteiger partial charge in [0.05, 0.1) is 13.1 Å². The molecule has 0 radical (unpaired) electrons. The highest BCUT2D eigenvalue weighted by molar-refractivity contribution is 6.05. The van der Waals surface area contributed by atoms with Gasteiger partial charge in [-0.1, -0.05) is 24.3 Å².